The van der Waals surface area contributed by atoms with Crippen molar-refractivity contribution in [3.05, 3.63) is 47.3 Å². The first-order valence-electron chi connectivity index (χ1n) is 12.2. The van der Waals surface area contributed by atoms with Crippen LogP contribution < -0.4 is 10.6 Å². The van der Waals surface area contributed by atoms with E-state index in [0.29, 0.717) is 37.8 Å². The lowest BCUT2D eigenvalue weighted by atomic mass is 9.98. The fraction of sp³-hybridized carbons (Fsp3) is 0.458. The van der Waals surface area contributed by atoms with Crippen LogP contribution in [0, 0.1) is 5.92 Å². The maximum absolute atomic E-state index is 13.2. The largest absolute Gasteiger partial charge is 0.380 e. The van der Waals surface area contributed by atoms with Gasteiger partial charge in [-0.3, -0.25) is 34.1 Å². The number of piperidine rings is 2. The summed E-state index contributed by atoms with van der Waals surface area (Å²) >= 11 is 0. The van der Waals surface area contributed by atoms with Gasteiger partial charge in [-0.2, -0.15) is 5.10 Å². The Kier molecular flexibility index (Phi) is 6.58. The number of nitrogens with zero attached hydrogens (tertiary/aromatic N) is 4. The minimum Gasteiger partial charge on any atom is -0.380 e. The average molecular weight is 529 g/mol. The predicted molar refractivity (Wildman–Crippen MR) is 132 cm³/mol. The lowest BCUT2D eigenvalue weighted by molar-refractivity contribution is -0.136. The van der Waals surface area contributed by atoms with Gasteiger partial charge in [-0.15, -0.1) is 0 Å². The molecule has 1 aromatic heterocycles. The number of hydrogen-bond donors (Lipinski definition) is 2. The van der Waals surface area contributed by atoms with Gasteiger partial charge in [0.15, 0.2) is 0 Å². The number of carbonyl (C=O) groups excluding carboxylic acids is 4. The molecular weight excluding hydrogens is 500 g/mol. The maximum Gasteiger partial charge on any atom is 0.264 e. The van der Waals surface area contributed by atoms with Crippen molar-refractivity contribution < 1.29 is 27.6 Å². The molecular formula is C24H28N6O6S. The van der Waals surface area contributed by atoms with Crippen LogP contribution in [-0.2, 0) is 32.7 Å². The smallest absolute Gasteiger partial charge is 0.264 e. The number of sulfonamides is 1. The zero-order valence-electron chi connectivity index (χ0n) is 20.3. The minimum absolute atomic E-state index is 0.0652. The van der Waals surface area contributed by atoms with Crippen molar-refractivity contribution in [1.82, 2.24) is 24.3 Å². The highest BCUT2D eigenvalue weighted by atomic mass is 32.2. The molecule has 0 aliphatic carbocycles. The summed E-state index contributed by atoms with van der Waals surface area (Å²) in [6.45, 7) is 2.08. The SMILES string of the molecule is CS(=O)(=O)N1CCC(Cn2cc(CNc3cccc4c3C(=O)N(C3CCC(=O)NC3=O)C4=O)cn2)CC1. The summed E-state index contributed by atoms with van der Waals surface area (Å²) < 4.78 is 26.8. The second-order valence-electron chi connectivity index (χ2n) is 9.70. The van der Waals surface area contributed by atoms with Crippen molar-refractivity contribution in [2.24, 2.45) is 5.92 Å². The number of nitrogens with one attached hydrogen (secondary N) is 2. The number of anilines is 1. The summed E-state index contributed by atoms with van der Waals surface area (Å²) in [6, 6.07) is 3.92. The third-order valence-corrected chi connectivity index (χ3v) is 8.43. The number of benzene rings is 1. The summed E-state index contributed by atoms with van der Waals surface area (Å²) in [7, 11) is -3.16. The predicted octanol–water partition coefficient (Wildman–Crippen LogP) is 0.568. The highest BCUT2D eigenvalue weighted by Crippen LogP contribution is 2.32. The van der Waals surface area contributed by atoms with E-state index in [-0.39, 0.29) is 24.0 Å². The Morgan fingerprint density at radius 3 is 2.54 bits per heavy atom. The highest BCUT2D eigenvalue weighted by molar-refractivity contribution is 7.88. The van der Waals surface area contributed by atoms with Crippen molar-refractivity contribution in [1.29, 1.82) is 0 Å². The van der Waals surface area contributed by atoms with Gasteiger partial charge in [0.05, 0.1) is 23.6 Å². The first kappa shape index (κ1) is 25.1. The molecule has 4 heterocycles. The average Bonchev–Trinajstić information content (AvgIpc) is 3.40. The molecule has 0 bridgehead atoms. The fourth-order valence-electron chi connectivity index (χ4n) is 5.15. The van der Waals surface area contributed by atoms with Crippen LogP contribution in [-0.4, -0.2) is 76.4 Å². The molecule has 0 saturated carbocycles. The van der Waals surface area contributed by atoms with Crippen molar-refractivity contribution in [3.63, 3.8) is 0 Å². The standard InChI is InChI=1S/C24H28N6O6S/c1-37(35,36)29-9-7-15(8-10-29)13-28-14-16(12-26-28)11-25-18-4-2-3-17-21(18)24(34)30(23(17)33)19-5-6-20(31)27-22(19)32/h2-4,12,14-15,19,25H,5-11,13H2,1H3,(H,27,31,32). The highest BCUT2D eigenvalue weighted by Gasteiger charge is 2.45. The van der Waals surface area contributed by atoms with Gasteiger partial charge < -0.3 is 5.32 Å². The molecule has 2 aromatic rings. The van der Waals surface area contributed by atoms with E-state index in [1.54, 1.807) is 24.4 Å². The van der Waals surface area contributed by atoms with Gasteiger partial charge in [0.25, 0.3) is 11.8 Å². The summed E-state index contributed by atoms with van der Waals surface area (Å²) in [5.74, 6) is -1.84. The van der Waals surface area contributed by atoms with Crippen molar-refractivity contribution in [3.8, 4) is 0 Å². The van der Waals surface area contributed by atoms with Crippen LogP contribution in [0.1, 0.15) is 52.0 Å². The van der Waals surface area contributed by atoms with Crippen LogP contribution >= 0.6 is 0 Å². The summed E-state index contributed by atoms with van der Waals surface area (Å²) in [6.07, 6.45) is 6.58. The van der Waals surface area contributed by atoms with E-state index in [2.05, 4.69) is 15.7 Å². The van der Waals surface area contributed by atoms with Crippen molar-refractivity contribution in [2.75, 3.05) is 24.7 Å². The molecule has 1 atom stereocenters. The molecule has 1 unspecified atom stereocenters. The van der Waals surface area contributed by atoms with E-state index in [4.69, 9.17) is 0 Å². The van der Waals surface area contributed by atoms with Gasteiger partial charge in [0.1, 0.15) is 6.04 Å². The number of aromatic nitrogens is 2. The third kappa shape index (κ3) is 5.01. The molecule has 4 amide bonds. The zero-order chi connectivity index (χ0) is 26.3. The molecule has 0 spiro atoms. The molecule has 0 radical (unpaired) electrons. The molecule has 3 aliphatic rings. The second kappa shape index (κ2) is 9.71. The van der Waals surface area contributed by atoms with Crippen LogP contribution in [0.2, 0.25) is 0 Å². The molecule has 13 heteroatoms. The summed E-state index contributed by atoms with van der Waals surface area (Å²) in [5, 5.41) is 9.83. The molecule has 12 nitrogen and oxygen atoms in total. The van der Waals surface area contributed by atoms with Crippen LogP contribution in [0.15, 0.2) is 30.6 Å². The number of amides is 4. The van der Waals surface area contributed by atoms with E-state index >= 15 is 0 Å². The zero-order valence-corrected chi connectivity index (χ0v) is 21.2. The van der Waals surface area contributed by atoms with Crippen LogP contribution in [0.4, 0.5) is 5.69 Å². The normalized spacial score (nSPS) is 21.3. The van der Waals surface area contributed by atoms with Crippen LogP contribution in [0.5, 0.6) is 0 Å². The molecule has 2 N–H and O–H groups in total. The van der Waals surface area contributed by atoms with Gasteiger partial charge in [-0.1, -0.05) is 6.07 Å². The molecule has 1 aromatic carbocycles. The quantitative estimate of drug-likeness (QED) is 0.495. The van der Waals surface area contributed by atoms with E-state index in [1.165, 1.54) is 10.6 Å². The Morgan fingerprint density at radius 1 is 1.08 bits per heavy atom. The van der Waals surface area contributed by atoms with Gasteiger partial charge in [-0.05, 0) is 37.3 Å². The lowest BCUT2D eigenvalue weighted by Crippen LogP contribution is -2.54. The fourth-order valence-corrected chi connectivity index (χ4v) is 6.02. The van der Waals surface area contributed by atoms with Crippen molar-refractivity contribution >= 4 is 39.3 Å². The Balaban J connectivity index is 1.23. The number of rotatable bonds is 7. The van der Waals surface area contributed by atoms with E-state index in [9.17, 15) is 27.6 Å². The first-order valence-corrected chi connectivity index (χ1v) is 14.0. The van der Waals surface area contributed by atoms with Crippen LogP contribution in [0.3, 0.4) is 0 Å². The molecule has 37 heavy (non-hydrogen) atoms. The van der Waals surface area contributed by atoms with Crippen molar-refractivity contribution in [2.45, 2.75) is 44.8 Å². The third-order valence-electron chi connectivity index (χ3n) is 7.13. The summed E-state index contributed by atoms with van der Waals surface area (Å²) in [4.78, 5) is 51.0. The van der Waals surface area contributed by atoms with Gasteiger partial charge >= 0.3 is 0 Å². The Hall–Kier alpha value is -3.58. The second-order valence-corrected chi connectivity index (χ2v) is 11.7. The number of carbonyl (C=O) groups is 4. The molecule has 3 aliphatic heterocycles. The maximum atomic E-state index is 13.2. The Bertz CT molecular complexity index is 1380. The first-order chi connectivity index (χ1) is 17.6. The summed E-state index contributed by atoms with van der Waals surface area (Å²) in [5.41, 5.74) is 1.79. The minimum atomic E-state index is -3.16. The monoisotopic (exact) mass is 528 g/mol. The number of imide groups is 2. The molecule has 2 fully saturated rings. The van der Waals surface area contributed by atoms with Gasteiger partial charge in [0.2, 0.25) is 21.8 Å². The molecule has 5 rings (SSSR count). The van der Waals surface area contributed by atoms with E-state index in [1.807, 2.05) is 10.9 Å². The number of fused-ring (bicyclic) bond motifs is 1. The van der Waals surface area contributed by atoms with Crippen LogP contribution in [0.25, 0.3) is 0 Å². The van der Waals surface area contributed by atoms with Gasteiger partial charge in [-0.25, -0.2) is 12.7 Å². The van der Waals surface area contributed by atoms with Gasteiger partial charge in [0, 0.05) is 50.0 Å². The number of hydrogen-bond acceptors (Lipinski definition) is 8. The van der Waals surface area contributed by atoms with E-state index in [0.717, 1.165) is 23.3 Å². The Morgan fingerprint density at radius 2 is 1.84 bits per heavy atom. The van der Waals surface area contributed by atoms with E-state index < -0.39 is 39.7 Å². The topological polar surface area (TPSA) is 151 Å². The Labute approximate surface area is 214 Å². The lowest BCUT2D eigenvalue weighted by Gasteiger charge is -2.30. The molecule has 2 saturated heterocycles. The molecule has 196 valence electrons.